The number of nitrogens with zero attached hydrogens (tertiary/aromatic N) is 3. The van der Waals surface area contributed by atoms with Crippen molar-refractivity contribution in [2.45, 2.75) is 12.8 Å². The third-order valence-electron chi connectivity index (χ3n) is 2.70. The molecule has 0 bridgehead atoms. The standard InChI is InChI=1S/C12H11N3O5/c1-14-11(16)7-6-10(13-14)12(17)20-9-4-2-8(3-5-9)15(18)19/h2-5H,6-7H2,1H3. The van der Waals surface area contributed by atoms with E-state index in [0.29, 0.717) is 0 Å². The topological polar surface area (TPSA) is 102 Å². The van der Waals surface area contributed by atoms with E-state index in [1.54, 1.807) is 0 Å². The Hall–Kier alpha value is -2.77. The number of ether oxygens (including phenoxy) is 1. The fourth-order valence-corrected chi connectivity index (χ4v) is 1.62. The number of hydrogen-bond donors (Lipinski definition) is 0. The molecule has 8 heteroatoms. The van der Waals surface area contributed by atoms with Crippen molar-refractivity contribution < 1.29 is 19.2 Å². The number of amides is 1. The van der Waals surface area contributed by atoms with E-state index in [0.717, 1.165) is 5.01 Å². The average Bonchev–Trinajstić information content (AvgIpc) is 2.42. The highest BCUT2D eigenvalue weighted by atomic mass is 16.6. The molecule has 0 radical (unpaired) electrons. The Kier molecular flexibility index (Phi) is 3.74. The summed E-state index contributed by atoms with van der Waals surface area (Å²) in [5, 5.41) is 15.4. The van der Waals surface area contributed by atoms with E-state index in [-0.39, 0.29) is 35.9 Å². The highest BCUT2D eigenvalue weighted by molar-refractivity contribution is 6.37. The van der Waals surface area contributed by atoms with Gasteiger partial charge in [0.05, 0.1) is 4.92 Å². The summed E-state index contributed by atoms with van der Waals surface area (Å²) in [5.41, 5.74) is 0.0515. The van der Waals surface area contributed by atoms with Gasteiger partial charge in [-0.1, -0.05) is 0 Å². The smallest absolute Gasteiger partial charge is 0.359 e. The van der Waals surface area contributed by atoms with Crippen LogP contribution in [0, 0.1) is 10.1 Å². The SMILES string of the molecule is CN1N=C(C(=O)Oc2ccc([N+](=O)[O-])cc2)CCC1=O. The Balaban J connectivity index is 2.06. The summed E-state index contributed by atoms with van der Waals surface area (Å²) < 4.78 is 5.04. The number of nitro groups is 1. The normalized spacial score (nSPS) is 14.8. The van der Waals surface area contributed by atoms with Gasteiger partial charge in [-0.25, -0.2) is 9.80 Å². The molecule has 1 aliphatic heterocycles. The van der Waals surface area contributed by atoms with Crippen molar-refractivity contribution >= 4 is 23.3 Å². The largest absolute Gasteiger partial charge is 0.422 e. The molecule has 2 rings (SSSR count). The number of rotatable bonds is 3. The second-order valence-corrected chi connectivity index (χ2v) is 4.10. The quantitative estimate of drug-likeness (QED) is 0.356. The van der Waals surface area contributed by atoms with E-state index in [1.807, 2.05) is 0 Å². The third kappa shape index (κ3) is 2.97. The fourth-order valence-electron chi connectivity index (χ4n) is 1.62. The van der Waals surface area contributed by atoms with Crippen molar-refractivity contribution in [3.05, 3.63) is 34.4 Å². The minimum Gasteiger partial charge on any atom is -0.422 e. The van der Waals surface area contributed by atoms with Crippen LogP contribution in [0.2, 0.25) is 0 Å². The summed E-state index contributed by atoms with van der Waals surface area (Å²) in [6.07, 6.45) is 0.416. The Morgan fingerprint density at radius 1 is 1.35 bits per heavy atom. The minimum absolute atomic E-state index is 0.0925. The van der Waals surface area contributed by atoms with Gasteiger partial charge in [-0.2, -0.15) is 5.10 Å². The molecule has 0 saturated heterocycles. The molecule has 0 unspecified atom stereocenters. The molecule has 0 N–H and O–H groups in total. The number of hydrazone groups is 1. The van der Waals surface area contributed by atoms with Gasteiger partial charge in [-0.05, 0) is 12.1 Å². The maximum absolute atomic E-state index is 11.8. The maximum atomic E-state index is 11.8. The first kappa shape index (κ1) is 13.7. The van der Waals surface area contributed by atoms with Crippen molar-refractivity contribution in [2.24, 2.45) is 5.10 Å². The second kappa shape index (κ2) is 5.47. The van der Waals surface area contributed by atoms with Gasteiger partial charge in [0.1, 0.15) is 11.5 Å². The summed E-state index contributed by atoms with van der Waals surface area (Å²) in [6, 6.07) is 5.13. The Morgan fingerprint density at radius 2 is 2.00 bits per heavy atom. The lowest BCUT2D eigenvalue weighted by Gasteiger charge is -2.18. The lowest BCUT2D eigenvalue weighted by molar-refractivity contribution is -0.384. The van der Waals surface area contributed by atoms with E-state index in [9.17, 15) is 19.7 Å². The molecule has 1 aromatic rings. The number of carbonyl (C=O) groups excluding carboxylic acids is 2. The van der Waals surface area contributed by atoms with Gasteiger partial charge in [-0.3, -0.25) is 14.9 Å². The Labute approximate surface area is 113 Å². The predicted octanol–water partition coefficient (Wildman–Crippen LogP) is 1.11. The molecule has 1 aromatic carbocycles. The molecule has 1 heterocycles. The molecule has 0 saturated carbocycles. The molecule has 1 amide bonds. The number of benzene rings is 1. The molecular formula is C12H11N3O5. The van der Waals surface area contributed by atoms with Gasteiger partial charge in [0, 0.05) is 32.0 Å². The van der Waals surface area contributed by atoms with Crippen molar-refractivity contribution in [3.8, 4) is 5.75 Å². The lowest BCUT2D eigenvalue weighted by atomic mass is 10.2. The highest BCUT2D eigenvalue weighted by Crippen LogP contribution is 2.18. The first-order chi connectivity index (χ1) is 9.47. The lowest BCUT2D eigenvalue weighted by Crippen LogP contribution is -2.33. The van der Waals surface area contributed by atoms with Crippen LogP contribution in [0.4, 0.5) is 5.69 Å². The first-order valence-corrected chi connectivity index (χ1v) is 5.78. The van der Waals surface area contributed by atoms with Crippen LogP contribution in [0.25, 0.3) is 0 Å². The number of non-ortho nitro benzene ring substituents is 1. The van der Waals surface area contributed by atoms with Crippen LogP contribution in [-0.2, 0) is 9.59 Å². The number of nitro benzene ring substituents is 1. The van der Waals surface area contributed by atoms with Gasteiger partial charge in [0.2, 0.25) is 5.91 Å². The molecule has 20 heavy (non-hydrogen) atoms. The Bertz CT molecular complexity index is 594. The van der Waals surface area contributed by atoms with E-state index >= 15 is 0 Å². The summed E-state index contributed by atoms with van der Waals surface area (Å²) >= 11 is 0. The zero-order valence-electron chi connectivity index (χ0n) is 10.6. The second-order valence-electron chi connectivity index (χ2n) is 4.10. The molecule has 1 aliphatic rings. The van der Waals surface area contributed by atoms with Crippen molar-refractivity contribution in [1.29, 1.82) is 0 Å². The third-order valence-corrected chi connectivity index (χ3v) is 2.70. The van der Waals surface area contributed by atoms with Crippen LogP contribution >= 0.6 is 0 Å². The summed E-state index contributed by atoms with van der Waals surface area (Å²) in [4.78, 5) is 33.0. The maximum Gasteiger partial charge on any atom is 0.359 e. The summed E-state index contributed by atoms with van der Waals surface area (Å²) in [7, 11) is 1.46. The molecule has 0 aliphatic carbocycles. The van der Waals surface area contributed by atoms with Gasteiger partial charge < -0.3 is 4.74 Å². The van der Waals surface area contributed by atoms with Crippen LogP contribution in [0.3, 0.4) is 0 Å². The van der Waals surface area contributed by atoms with Crippen LogP contribution < -0.4 is 4.74 Å². The molecule has 0 aromatic heterocycles. The molecule has 0 atom stereocenters. The average molecular weight is 277 g/mol. The number of hydrogen-bond acceptors (Lipinski definition) is 6. The fraction of sp³-hybridized carbons (Fsp3) is 0.250. The van der Waals surface area contributed by atoms with Crippen molar-refractivity contribution in [3.63, 3.8) is 0 Å². The zero-order chi connectivity index (χ0) is 14.7. The predicted molar refractivity (Wildman–Crippen MR) is 68.2 cm³/mol. The van der Waals surface area contributed by atoms with Crippen molar-refractivity contribution in [2.75, 3.05) is 7.05 Å². The van der Waals surface area contributed by atoms with Gasteiger partial charge in [0.25, 0.3) is 5.69 Å². The number of esters is 1. The monoisotopic (exact) mass is 277 g/mol. The summed E-state index contributed by atoms with van der Waals surface area (Å²) in [6.45, 7) is 0. The highest BCUT2D eigenvalue weighted by Gasteiger charge is 2.23. The summed E-state index contributed by atoms with van der Waals surface area (Å²) in [5.74, 6) is -0.655. The number of carbonyl (C=O) groups is 2. The van der Waals surface area contributed by atoms with Gasteiger partial charge in [-0.15, -0.1) is 0 Å². The van der Waals surface area contributed by atoms with E-state index in [1.165, 1.54) is 31.3 Å². The van der Waals surface area contributed by atoms with Crippen LogP contribution in [-0.4, -0.2) is 34.6 Å². The zero-order valence-corrected chi connectivity index (χ0v) is 10.6. The molecular weight excluding hydrogens is 266 g/mol. The van der Waals surface area contributed by atoms with E-state index < -0.39 is 10.9 Å². The molecule has 104 valence electrons. The van der Waals surface area contributed by atoms with E-state index in [2.05, 4.69) is 5.10 Å². The molecule has 0 fully saturated rings. The van der Waals surface area contributed by atoms with Crippen molar-refractivity contribution in [1.82, 2.24) is 5.01 Å². The van der Waals surface area contributed by atoms with Crippen LogP contribution in [0.5, 0.6) is 5.75 Å². The first-order valence-electron chi connectivity index (χ1n) is 5.78. The van der Waals surface area contributed by atoms with Gasteiger partial charge >= 0.3 is 5.97 Å². The van der Waals surface area contributed by atoms with Gasteiger partial charge in [0.15, 0.2) is 0 Å². The van der Waals surface area contributed by atoms with E-state index in [4.69, 9.17) is 4.74 Å². The van der Waals surface area contributed by atoms with Crippen LogP contribution in [0.1, 0.15) is 12.8 Å². The minimum atomic E-state index is -0.668. The van der Waals surface area contributed by atoms with Crippen LogP contribution in [0.15, 0.2) is 29.4 Å². The molecule has 8 nitrogen and oxygen atoms in total. The molecule has 0 spiro atoms. The Morgan fingerprint density at radius 3 is 2.55 bits per heavy atom.